The Kier molecular flexibility index (Phi) is 9.91. The van der Waals surface area contributed by atoms with Crippen molar-refractivity contribution in [1.82, 2.24) is 15.1 Å². The lowest BCUT2D eigenvalue weighted by Gasteiger charge is -2.39. The molecule has 1 unspecified atom stereocenters. The van der Waals surface area contributed by atoms with E-state index in [1.54, 1.807) is 13.0 Å². The first kappa shape index (κ1) is 31.4. The maximum Gasteiger partial charge on any atom is 0.336 e. The molecule has 0 radical (unpaired) electrons. The lowest BCUT2D eigenvalue weighted by atomic mass is 9.80. The molecule has 1 fully saturated rings. The molecule has 1 saturated heterocycles. The fraction of sp³-hybridized carbons (Fsp3) is 0.294. The van der Waals surface area contributed by atoms with Crippen LogP contribution >= 0.6 is 0 Å². The summed E-state index contributed by atoms with van der Waals surface area (Å²) < 4.78 is 10.7. The third kappa shape index (κ3) is 7.05. The van der Waals surface area contributed by atoms with Gasteiger partial charge in [0.1, 0.15) is 12.2 Å². The molecule has 0 bridgehead atoms. The molecule has 2 aliphatic heterocycles. The number of ether oxygens (including phenoxy) is 2. The maximum atomic E-state index is 13.5. The standard InChI is InChI=1S/C34H36N4O7/c1-23-28(29(30(32(39)35-23)33(40)44-2)26-14-9-15-27(22-26)38(42)43)34(41)45-21-20-36-16-18-37(19-17-36)31(24-10-5-3-6-11-24)25-12-7-4-8-13-25/h3-15,22,29,31,40H,16-21H2,1-2H3,(H,35,39)/b33-30-. The summed E-state index contributed by atoms with van der Waals surface area (Å²) in [4.78, 5) is 42.1. The molecule has 3 aromatic carbocycles. The van der Waals surface area contributed by atoms with E-state index in [0.717, 1.165) is 26.2 Å². The number of methoxy groups -OCH3 is 1. The van der Waals surface area contributed by atoms with Crippen LogP contribution in [0.2, 0.25) is 0 Å². The van der Waals surface area contributed by atoms with Gasteiger partial charge in [-0.1, -0.05) is 72.8 Å². The normalized spacial score (nSPS) is 18.8. The maximum absolute atomic E-state index is 13.5. The highest BCUT2D eigenvalue weighted by Crippen LogP contribution is 2.39. The number of aliphatic hydroxyl groups excluding tert-OH is 1. The van der Waals surface area contributed by atoms with Gasteiger partial charge in [-0.3, -0.25) is 24.7 Å². The average molecular weight is 613 g/mol. The smallest absolute Gasteiger partial charge is 0.336 e. The highest BCUT2D eigenvalue weighted by Gasteiger charge is 2.40. The van der Waals surface area contributed by atoms with Crippen LogP contribution in [0.25, 0.3) is 0 Å². The van der Waals surface area contributed by atoms with Gasteiger partial charge in [-0.15, -0.1) is 0 Å². The number of benzene rings is 3. The average Bonchev–Trinajstić information content (AvgIpc) is 3.06. The Labute approximate surface area is 261 Å². The lowest BCUT2D eigenvalue weighted by molar-refractivity contribution is -0.384. The molecule has 2 aliphatic rings. The molecule has 2 N–H and O–H groups in total. The minimum absolute atomic E-state index is 0.0621. The van der Waals surface area contributed by atoms with E-state index in [1.807, 2.05) is 12.1 Å². The highest BCUT2D eigenvalue weighted by atomic mass is 16.6. The first-order chi connectivity index (χ1) is 21.8. The number of aliphatic hydroxyl groups is 1. The lowest BCUT2D eigenvalue weighted by Crippen LogP contribution is -2.48. The molecular formula is C34H36N4O7. The second-order valence-electron chi connectivity index (χ2n) is 10.9. The van der Waals surface area contributed by atoms with Crippen molar-refractivity contribution < 1.29 is 29.1 Å². The molecule has 11 nitrogen and oxygen atoms in total. The van der Waals surface area contributed by atoms with E-state index in [4.69, 9.17) is 9.47 Å². The van der Waals surface area contributed by atoms with Gasteiger partial charge in [0, 0.05) is 50.6 Å². The first-order valence-electron chi connectivity index (χ1n) is 14.8. The molecule has 0 aliphatic carbocycles. The molecule has 0 saturated carbocycles. The number of nitro benzene ring substituents is 1. The third-order valence-electron chi connectivity index (χ3n) is 8.23. The van der Waals surface area contributed by atoms with E-state index in [-0.39, 0.29) is 40.7 Å². The van der Waals surface area contributed by atoms with Crippen LogP contribution in [0.4, 0.5) is 5.69 Å². The predicted octanol–water partition coefficient (Wildman–Crippen LogP) is 4.45. The molecule has 11 heteroatoms. The van der Waals surface area contributed by atoms with Gasteiger partial charge < -0.3 is 19.9 Å². The molecule has 0 spiro atoms. The highest BCUT2D eigenvalue weighted by molar-refractivity contribution is 6.04. The van der Waals surface area contributed by atoms with Crippen molar-refractivity contribution in [1.29, 1.82) is 0 Å². The predicted molar refractivity (Wildman–Crippen MR) is 167 cm³/mol. The van der Waals surface area contributed by atoms with E-state index >= 15 is 0 Å². The summed E-state index contributed by atoms with van der Waals surface area (Å²) >= 11 is 0. The van der Waals surface area contributed by atoms with E-state index in [9.17, 15) is 24.8 Å². The molecule has 0 aromatic heterocycles. The third-order valence-corrected chi connectivity index (χ3v) is 8.23. The number of non-ortho nitro benzene ring substituents is 1. The zero-order valence-corrected chi connectivity index (χ0v) is 25.2. The topological polar surface area (TPSA) is 134 Å². The van der Waals surface area contributed by atoms with E-state index in [1.165, 1.54) is 36.4 Å². The fourth-order valence-corrected chi connectivity index (χ4v) is 6.02. The van der Waals surface area contributed by atoms with Crippen LogP contribution in [0.1, 0.15) is 35.6 Å². The van der Waals surface area contributed by atoms with Crippen molar-refractivity contribution in [2.45, 2.75) is 18.9 Å². The minimum atomic E-state index is -1.14. The van der Waals surface area contributed by atoms with Gasteiger partial charge in [0.2, 0.25) is 0 Å². The summed E-state index contributed by atoms with van der Waals surface area (Å²) in [6.45, 7) is 5.39. The number of carbonyl (C=O) groups is 2. The Hall–Kier alpha value is -5.00. The molecule has 3 aromatic rings. The number of rotatable bonds is 10. The van der Waals surface area contributed by atoms with Crippen LogP contribution in [0.15, 0.2) is 108 Å². The number of nitrogens with one attached hydrogen (secondary N) is 1. The molecular weight excluding hydrogens is 576 g/mol. The van der Waals surface area contributed by atoms with E-state index in [0.29, 0.717) is 6.54 Å². The van der Waals surface area contributed by atoms with Gasteiger partial charge in [0.25, 0.3) is 17.5 Å². The van der Waals surface area contributed by atoms with Crippen molar-refractivity contribution in [3.63, 3.8) is 0 Å². The Bertz CT molecular complexity index is 1560. The van der Waals surface area contributed by atoms with Crippen LogP contribution in [0, 0.1) is 10.1 Å². The molecule has 1 amide bonds. The van der Waals surface area contributed by atoms with E-state index < -0.39 is 28.7 Å². The number of piperazine rings is 1. The van der Waals surface area contributed by atoms with E-state index in [2.05, 4.69) is 63.6 Å². The summed E-state index contributed by atoms with van der Waals surface area (Å²) in [6.07, 6.45) is 0. The zero-order valence-electron chi connectivity index (χ0n) is 25.2. The van der Waals surface area contributed by atoms with Gasteiger partial charge in [-0.05, 0) is 23.6 Å². The number of amides is 1. The second kappa shape index (κ2) is 14.2. The summed E-state index contributed by atoms with van der Waals surface area (Å²) in [5.74, 6) is -3.20. The van der Waals surface area contributed by atoms with Crippen LogP contribution in [-0.4, -0.2) is 78.1 Å². The summed E-state index contributed by atoms with van der Waals surface area (Å²) in [6, 6.07) is 26.6. The SMILES string of the molecule is CO/C(O)=C1\C(=O)NC(C)=C(C(=O)OCCN2CCN(C(c3ccccc3)c3ccccc3)CC2)C1c1cccc([N+](=O)[O-])c1. The van der Waals surface area contributed by atoms with Gasteiger partial charge >= 0.3 is 5.97 Å². The quantitative estimate of drug-likeness (QED) is 0.112. The molecule has 2 heterocycles. The van der Waals surface area contributed by atoms with Crippen molar-refractivity contribution in [2.75, 3.05) is 46.4 Å². The van der Waals surface area contributed by atoms with Crippen LogP contribution in [0.5, 0.6) is 0 Å². The van der Waals surface area contributed by atoms with Crippen LogP contribution < -0.4 is 5.32 Å². The zero-order chi connectivity index (χ0) is 31.9. The van der Waals surface area contributed by atoms with Gasteiger partial charge in [0.05, 0.1) is 29.6 Å². The summed E-state index contributed by atoms with van der Waals surface area (Å²) in [5, 5.41) is 24.5. The number of nitrogens with zero attached hydrogens (tertiary/aromatic N) is 3. The van der Waals surface area contributed by atoms with Crippen molar-refractivity contribution in [2.24, 2.45) is 0 Å². The fourth-order valence-electron chi connectivity index (χ4n) is 6.02. The Morgan fingerprint density at radius 3 is 2.20 bits per heavy atom. The van der Waals surface area contributed by atoms with Crippen LogP contribution in [-0.2, 0) is 19.1 Å². The second-order valence-corrected chi connectivity index (χ2v) is 10.9. The largest absolute Gasteiger partial charge is 0.481 e. The monoisotopic (exact) mass is 612 g/mol. The van der Waals surface area contributed by atoms with Crippen molar-refractivity contribution >= 4 is 17.6 Å². The summed E-state index contributed by atoms with van der Waals surface area (Å²) in [5.41, 5.74) is 2.58. The first-order valence-corrected chi connectivity index (χ1v) is 14.8. The Morgan fingerprint density at radius 1 is 1.00 bits per heavy atom. The number of carbonyl (C=O) groups excluding carboxylic acids is 2. The minimum Gasteiger partial charge on any atom is -0.481 e. The van der Waals surface area contributed by atoms with Gasteiger partial charge in [0.15, 0.2) is 0 Å². The molecule has 5 rings (SSSR count). The molecule has 1 atom stereocenters. The number of hydrogen-bond acceptors (Lipinski definition) is 9. The van der Waals surface area contributed by atoms with Crippen molar-refractivity contribution in [3.8, 4) is 0 Å². The Balaban J connectivity index is 1.27. The molecule has 234 valence electrons. The summed E-state index contributed by atoms with van der Waals surface area (Å²) in [7, 11) is 1.19. The Morgan fingerprint density at radius 2 is 1.62 bits per heavy atom. The number of hydrogen-bond donors (Lipinski definition) is 2. The van der Waals surface area contributed by atoms with Gasteiger partial charge in [-0.25, -0.2) is 4.79 Å². The number of nitro groups is 1. The van der Waals surface area contributed by atoms with Gasteiger partial charge in [-0.2, -0.15) is 0 Å². The number of allylic oxidation sites excluding steroid dienone is 1. The van der Waals surface area contributed by atoms with Crippen molar-refractivity contribution in [3.05, 3.63) is 135 Å². The number of esters is 1. The van der Waals surface area contributed by atoms with Crippen LogP contribution in [0.3, 0.4) is 0 Å². The molecule has 45 heavy (non-hydrogen) atoms.